The highest BCUT2D eigenvalue weighted by atomic mass is 32.2. The van der Waals surface area contributed by atoms with Crippen LogP contribution in [0.4, 0.5) is 0 Å². The van der Waals surface area contributed by atoms with Crippen LogP contribution in [0.2, 0.25) is 0 Å². The summed E-state index contributed by atoms with van der Waals surface area (Å²) in [6, 6.07) is 2.06. The molecule has 0 amide bonds. The number of allylic oxidation sites excluding steroid dienone is 1. The zero-order valence-electron chi connectivity index (χ0n) is 7.99. The molecule has 0 spiro atoms. The molecule has 0 aromatic rings. The molecule has 4 nitrogen and oxygen atoms in total. The van der Waals surface area contributed by atoms with E-state index in [1.807, 2.05) is 0 Å². The predicted molar refractivity (Wildman–Crippen MR) is 54.6 cm³/mol. The fourth-order valence-electron chi connectivity index (χ4n) is 1.32. The molecule has 76 valence electrons. The van der Waals surface area contributed by atoms with Gasteiger partial charge in [-0.1, -0.05) is 0 Å². The number of rotatable bonds is 2. The molecule has 0 saturated carbocycles. The average molecular weight is 212 g/mol. The first kappa shape index (κ1) is 10.9. The summed E-state index contributed by atoms with van der Waals surface area (Å²) in [7, 11) is 0. The molecule has 0 atom stereocenters. The number of carboxylic acid groups (broad SMARTS) is 1. The highest BCUT2D eigenvalue weighted by Gasteiger charge is 2.19. The van der Waals surface area contributed by atoms with Crippen molar-refractivity contribution in [3.63, 3.8) is 0 Å². The molecule has 0 radical (unpaired) electrons. The number of thioether (sulfide) groups is 1. The molecule has 0 unspecified atom stereocenters. The summed E-state index contributed by atoms with van der Waals surface area (Å²) in [6.07, 6.45) is 0.972. The van der Waals surface area contributed by atoms with Gasteiger partial charge in [0, 0.05) is 12.3 Å². The molecule has 1 aliphatic rings. The first-order chi connectivity index (χ1) is 6.65. The Morgan fingerprint density at radius 3 is 3.07 bits per heavy atom. The van der Waals surface area contributed by atoms with Crippen LogP contribution < -0.4 is 0 Å². The maximum atomic E-state index is 10.6. The summed E-state index contributed by atoms with van der Waals surface area (Å²) >= 11 is 1.57. The number of nitrogens with zero attached hydrogens (tertiary/aromatic N) is 2. The van der Waals surface area contributed by atoms with Crippen molar-refractivity contribution in [2.75, 3.05) is 18.8 Å². The van der Waals surface area contributed by atoms with Crippen molar-refractivity contribution in [2.45, 2.75) is 13.3 Å². The second-order valence-electron chi connectivity index (χ2n) is 3.06. The van der Waals surface area contributed by atoms with Gasteiger partial charge in [0.25, 0.3) is 0 Å². The van der Waals surface area contributed by atoms with E-state index >= 15 is 0 Å². The molecule has 0 aliphatic carbocycles. The number of aliphatic carboxylic acids is 1. The Kier molecular flexibility index (Phi) is 3.84. The van der Waals surface area contributed by atoms with E-state index < -0.39 is 5.97 Å². The van der Waals surface area contributed by atoms with Crippen molar-refractivity contribution in [3.8, 4) is 6.07 Å². The van der Waals surface area contributed by atoms with Crippen LogP contribution >= 0.6 is 11.8 Å². The molecule has 0 aromatic carbocycles. The number of nitriles is 1. The largest absolute Gasteiger partial charge is 0.480 e. The monoisotopic (exact) mass is 212 g/mol. The third kappa shape index (κ3) is 2.67. The maximum Gasteiger partial charge on any atom is 0.323 e. The molecule has 1 heterocycles. The lowest BCUT2D eigenvalue weighted by Gasteiger charge is -2.29. The van der Waals surface area contributed by atoms with E-state index in [0.717, 1.165) is 23.7 Å². The van der Waals surface area contributed by atoms with Gasteiger partial charge in [-0.05, 0) is 13.3 Å². The first-order valence-corrected chi connectivity index (χ1v) is 5.34. The van der Waals surface area contributed by atoms with Gasteiger partial charge in [-0.2, -0.15) is 5.26 Å². The Labute approximate surface area is 87.2 Å². The van der Waals surface area contributed by atoms with Crippen molar-refractivity contribution >= 4 is 17.7 Å². The first-order valence-electron chi connectivity index (χ1n) is 4.35. The van der Waals surface area contributed by atoms with Gasteiger partial charge >= 0.3 is 5.97 Å². The average Bonchev–Trinajstić information content (AvgIpc) is 2.16. The van der Waals surface area contributed by atoms with Gasteiger partial charge in [-0.15, -0.1) is 11.8 Å². The number of hydrogen-bond donors (Lipinski definition) is 1. The zero-order valence-corrected chi connectivity index (χ0v) is 8.80. The van der Waals surface area contributed by atoms with E-state index in [1.54, 1.807) is 23.6 Å². The molecule has 1 N–H and O–H groups in total. The normalized spacial score (nSPS) is 20.1. The van der Waals surface area contributed by atoms with Crippen molar-refractivity contribution in [3.05, 3.63) is 10.6 Å². The summed E-state index contributed by atoms with van der Waals surface area (Å²) in [4.78, 5) is 12.3. The molecule has 0 bridgehead atoms. The van der Waals surface area contributed by atoms with E-state index in [-0.39, 0.29) is 6.54 Å². The van der Waals surface area contributed by atoms with Gasteiger partial charge in [0.05, 0.1) is 16.7 Å². The summed E-state index contributed by atoms with van der Waals surface area (Å²) < 4.78 is 0. The van der Waals surface area contributed by atoms with Crippen LogP contribution in [-0.2, 0) is 4.79 Å². The summed E-state index contributed by atoms with van der Waals surface area (Å²) in [5.41, 5.74) is 0.607. The van der Waals surface area contributed by atoms with Crippen molar-refractivity contribution in [1.29, 1.82) is 5.26 Å². The smallest absolute Gasteiger partial charge is 0.323 e. The van der Waals surface area contributed by atoms with Crippen molar-refractivity contribution in [2.24, 2.45) is 0 Å². The van der Waals surface area contributed by atoms with Crippen molar-refractivity contribution in [1.82, 2.24) is 4.90 Å². The molecule has 1 aliphatic heterocycles. The third-order valence-electron chi connectivity index (χ3n) is 1.91. The lowest BCUT2D eigenvalue weighted by Crippen LogP contribution is -2.32. The van der Waals surface area contributed by atoms with E-state index in [0.29, 0.717) is 5.57 Å². The molecular formula is C9H12N2O2S. The lowest BCUT2D eigenvalue weighted by molar-refractivity contribution is -0.137. The van der Waals surface area contributed by atoms with Gasteiger partial charge in [0.2, 0.25) is 0 Å². The minimum absolute atomic E-state index is 0.0125. The van der Waals surface area contributed by atoms with Crippen LogP contribution in [-0.4, -0.2) is 34.8 Å². The zero-order chi connectivity index (χ0) is 10.6. The van der Waals surface area contributed by atoms with Crippen LogP contribution in [0.5, 0.6) is 0 Å². The maximum absolute atomic E-state index is 10.6. The summed E-state index contributed by atoms with van der Waals surface area (Å²) in [5.74, 6) is 0.112. The molecule has 1 rings (SSSR count). The Balaban J connectivity index is 2.80. The van der Waals surface area contributed by atoms with Crippen LogP contribution in [0.25, 0.3) is 0 Å². The molecular weight excluding hydrogens is 200 g/mol. The van der Waals surface area contributed by atoms with Gasteiger partial charge in [-0.25, -0.2) is 0 Å². The molecule has 1 saturated heterocycles. The molecule has 14 heavy (non-hydrogen) atoms. The second-order valence-corrected chi connectivity index (χ2v) is 4.14. The fourth-order valence-corrected chi connectivity index (χ4v) is 2.39. The Morgan fingerprint density at radius 2 is 2.50 bits per heavy atom. The highest BCUT2D eigenvalue weighted by Crippen LogP contribution is 2.28. The van der Waals surface area contributed by atoms with Gasteiger partial charge in [-0.3, -0.25) is 4.79 Å². The highest BCUT2D eigenvalue weighted by molar-refractivity contribution is 8.03. The van der Waals surface area contributed by atoms with Crippen LogP contribution in [0.1, 0.15) is 13.3 Å². The number of carboxylic acids is 1. The second kappa shape index (κ2) is 4.91. The van der Waals surface area contributed by atoms with Crippen molar-refractivity contribution < 1.29 is 9.90 Å². The van der Waals surface area contributed by atoms with Gasteiger partial charge < -0.3 is 10.0 Å². The van der Waals surface area contributed by atoms with Gasteiger partial charge in [0.1, 0.15) is 6.54 Å². The molecule has 0 aromatic heterocycles. The SMILES string of the molecule is CC(C#N)=C1SCCCN1CC(=O)O. The Morgan fingerprint density at radius 1 is 1.79 bits per heavy atom. The third-order valence-corrected chi connectivity index (χ3v) is 3.24. The molecule has 1 fully saturated rings. The minimum Gasteiger partial charge on any atom is -0.480 e. The standard InChI is InChI=1S/C9H12N2O2S/c1-7(5-10)9-11(6-8(12)13)3-2-4-14-9/h2-4,6H2,1H3,(H,12,13). The van der Waals surface area contributed by atoms with E-state index in [4.69, 9.17) is 10.4 Å². The predicted octanol–water partition coefficient (Wildman–Crippen LogP) is 1.26. The van der Waals surface area contributed by atoms with E-state index in [2.05, 4.69) is 6.07 Å². The van der Waals surface area contributed by atoms with Gasteiger partial charge in [0.15, 0.2) is 0 Å². The van der Waals surface area contributed by atoms with Crippen LogP contribution in [0, 0.1) is 11.3 Å². The topological polar surface area (TPSA) is 64.3 Å². The molecule has 5 heteroatoms. The quantitative estimate of drug-likeness (QED) is 0.698. The van der Waals surface area contributed by atoms with E-state index in [1.165, 1.54) is 0 Å². The summed E-state index contributed by atoms with van der Waals surface area (Å²) in [6.45, 7) is 2.44. The Hall–Kier alpha value is -1.15. The van der Waals surface area contributed by atoms with Crippen LogP contribution in [0.3, 0.4) is 0 Å². The number of carbonyl (C=O) groups is 1. The Bertz CT molecular complexity index is 306. The fraction of sp³-hybridized carbons (Fsp3) is 0.556. The summed E-state index contributed by atoms with van der Waals surface area (Å²) in [5, 5.41) is 18.2. The minimum atomic E-state index is -0.851. The lowest BCUT2D eigenvalue weighted by atomic mass is 10.3. The van der Waals surface area contributed by atoms with E-state index in [9.17, 15) is 4.79 Å². The van der Waals surface area contributed by atoms with Crippen LogP contribution in [0.15, 0.2) is 10.6 Å². The number of hydrogen-bond acceptors (Lipinski definition) is 4.